The fourth-order valence-electron chi connectivity index (χ4n) is 1.84. The van der Waals surface area contributed by atoms with E-state index in [4.69, 9.17) is 10.5 Å². The Balaban J connectivity index is 2.26. The van der Waals surface area contributed by atoms with Crippen molar-refractivity contribution in [2.24, 2.45) is 0 Å². The molecule has 7 heteroatoms. The van der Waals surface area contributed by atoms with E-state index < -0.39 is 10.0 Å². The van der Waals surface area contributed by atoms with Gasteiger partial charge in [0.15, 0.2) is 0 Å². The number of anilines is 2. The summed E-state index contributed by atoms with van der Waals surface area (Å²) in [7, 11) is -2.20. The maximum Gasteiger partial charge on any atom is 0.262 e. The van der Waals surface area contributed by atoms with E-state index in [1.165, 1.54) is 25.4 Å². The molecule has 0 aliphatic heterocycles. The Morgan fingerprint density at radius 3 is 2.57 bits per heavy atom. The van der Waals surface area contributed by atoms with E-state index in [0.717, 1.165) is 12.0 Å². The molecule has 3 N–H and O–H groups in total. The number of aromatic nitrogens is 1. The monoisotopic (exact) mass is 307 g/mol. The van der Waals surface area contributed by atoms with Crippen LogP contribution in [-0.2, 0) is 16.4 Å². The molecule has 0 saturated carbocycles. The van der Waals surface area contributed by atoms with E-state index in [9.17, 15) is 8.42 Å². The molecule has 0 spiro atoms. The van der Waals surface area contributed by atoms with Crippen molar-refractivity contribution in [1.82, 2.24) is 4.98 Å². The van der Waals surface area contributed by atoms with Gasteiger partial charge in [0.25, 0.3) is 10.0 Å². The second kappa shape index (κ2) is 6.01. The molecule has 2 aromatic rings. The zero-order chi connectivity index (χ0) is 15.5. The van der Waals surface area contributed by atoms with Gasteiger partial charge in [0.1, 0.15) is 0 Å². The highest BCUT2D eigenvalue weighted by Crippen LogP contribution is 2.21. The van der Waals surface area contributed by atoms with Gasteiger partial charge in [-0.15, -0.1) is 0 Å². The Kier molecular flexibility index (Phi) is 4.32. The third-order valence-electron chi connectivity index (χ3n) is 3.01. The van der Waals surface area contributed by atoms with Crippen molar-refractivity contribution in [2.75, 3.05) is 17.6 Å². The van der Waals surface area contributed by atoms with Crippen LogP contribution in [0.2, 0.25) is 0 Å². The Morgan fingerprint density at radius 2 is 2.05 bits per heavy atom. The van der Waals surface area contributed by atoms with Crippen LogP contribution >= 0.6 is 0 Å². The average molecular weight is 307 g/mol. The summed E-state index contributed by atoms with van der Waals surface area (Å²) < 4.78 is 31.9. The lowest BCUT2D eigenvalue weighted by Crippen LogP contribution is -2.13. The maximum atomic E-state index is 12.3. The van der Waals surface area contributed by atoms with Crippen LogP contribution in [0.4, 0.5) is 11.4 Å². The number of nitrogens with one attached hydrogen (secondary N) is 1. The Bertz CT molecular complexity index is 728. The number of benzene rings is 1. The first-order chi connectivity index (χ1) is 9.96. The van der Waals surface area contributed by atoms with Crippen LogP contribution in [-0.4, -0.2) is 20.5 Å². The molecule has 1 aromatic carbocycles. The number of hydrogen-bond donors (Lipinski definition) is 2. The zero-order valence-corrected chi connectivity index (χ0v) is 12.6. The highest BCUT2D eigenvalue weighted by Gasteiger charge is 2.15. The van der Waals surface area contributed by atoms with Gasteiger partial charge >= 0.3 is 0 Å². The molecule has 0 radical (unpaired) electrons. The summed E-state index contributed by atoms with van der Waals surface area (Å²) in [5.74, 6) is 0.412. The normalized spacial score (nSPS) is 11.1. The van der Waals surface area contributed by atoms with Crippen LogP contribution in [0.3, 0.4) is 0 Å². The van der Waals surface area contributed by atoms with Gasteiger partial charge in [-0.25, -0.2) is 13.4 Å². The number of nitrogens with two attached hydrogens (primary N) is 1. The summed E-state index contributed by atoms with van der Waals surface area (Å²) in [4.78, 5) is 4.06. The molecule has 0 saturated heterocycles. The first kappa shape index (κ1) is 15.1. The quantitative estimate of drug-likeness (QED) is 0.824. The molecule has 0 atom stereocenters. The van der Waals surface area contributed by atoms with Gasteiger partial charge in [0.05, 0.1) is 23.9 Å². The second-order valence-corrected chi connectivity index (χ2v) is 6.09. The SMILES string of the molecule is CCc1ccc(S(=O)(=O)Nc2ccc(OC)nc2)cc1N. The molecule has 6 nitrogen and oxygen atoms in total. The Labute approximate surface area is 124 Å². The topological polar surface area (TPSA) is 94.3 Å². The number of hydrogen-bond acceptors (Lipinski definition) is 5. The average Bonchev–Trinajstić information content (AvgIpc) is 2.47. The molecule has 2 rings (SSSR count). The van der Waals surface area contributed by atoms with Crippen molar-refractivity contribution in [3.05, 3.63) is 42.1 Å². The largest absolute Gasteiger partial charge is 0.481 e. The summed E-state index contributed by atoms with van der Waals surface area (Å²) >= 11 is 0. The minimum atomic E-state index is -3.69. The van der Waals surface area contributed by atoms with E-state index in [0.29, 0.717) is 17.3 Å². The molecule has 112 valence electrons. The molecule has 0 aliphatic carbocycles. The molecule has 0 amide bonds. The van der Waals surface area contributed by atoms with Gasteiger partial charge < -0.3 is 10.5 Å². The molecular weight excluding hydrogens is 290 g/mol. The summed E-state index contributed by atoms with van der Waals surface area (Å²) in [6.07, 6.45) is 2.14. The summed E-state index contributed by atoms with van der Waals surface area (Å²) in [6, 6.07) is 7.86. The Hall–Kier alpha value is -2.28. The lowest BCUT2D eigenvalue weighted by Gasteiger charge is -2.10. The molecule has 0 aliphatic rings. The first-order valence-corrected chi connectivity index (χ1v) is 7.86. The van der Waals surface area contributed by atoms with E-state index >= 15 is 0 Å². The van der Waals surface area contributed by atoms with Gasteiger partial charge in [-0.2, -0.15) is 0 Å². The van der Waals surface area contributed by atoms with Crippen LogP contribution in [0.15, 0.2) is 41.4 Å². The summed E-state index contributed by atoms with van der Waals surface area (Å²) in [6.45, 7) is 1.96. The maximum absolute atomic E-state index is 12.3. The predicted octanol–water partition coefficient (Wildman–Crippen LogP) is 2.04. The predicted molar refractivity (Wildman–Crippen MR) is 81.8 cm³/mol. The lowest BCUT2D eigenvalue weighted by atomic mass is 10.1. The number of methoxy groups -OCH3 is 1. The number of sulfonamides is 1. The van der Waals surface area contributed by atoms with E-state index in [1.54, 1.807) is 18.2 Å². The van der Waals surface area contributed by atoms with Gasteiger partial charge in [0.2, 0.25) is 5.88 Å². The minimum absolute atomic E-state index is 0.119. The standard InChI is InChI=1S/C14H17N3O3S/c1-3-10-4-6-12(8-13(10)15)21(18,19)17-11-5-7-14(20-2)16-9-11/h4-9,17H,3,15H2,1-2H3. The first-order valence-electron chi connectivity index (χ1n) is 6.37. The molecule has 0 unspecified atom stereocenters. The molecule has 1 heterocycles. The molecule has 0 bridgehead atoms. The van der Waals surface area contributed by atoms with Crippen LogP contribution in [0.1, 0.15) is 12.5 Å². The van der Waals surface area contributed by atoms with Crippen molar-refractivity contribution >= 4 is 21.4 Å². The van der Waals surface area contributed by atoms with E-state index in [1.807, 2.05) is 6.92 Å². The number of rotatable bonds is 5. The summed E-state index contributed by atoms with van der Waals surface area (Å²) in [5, 5.41) is 0. The van der Waals surface area contributed by atoms with E-state index in [2.05, 4.69) is 9.71 Å². The molecule has 21 heavy (non-hydrogen) atoms. The number of pyridine rings is 1. The van der Waals surface area contributed by atoms with Crippen molar-refractivity contribution in [3.63, 3.8) is 0 Å². The van der Waals surface area contributed by atoms with Gasteiger partial charge in [-0.3, -0.25) is 4.72 Å². The zero-order valence-electron chi connectivity index (χ0n) is 11.8. The number of aryl methyl sites for hydroxylation is 1. The molecule has 0 fully saturated rings. The second-order valence-electron chi connectivity index (χ2n) is 4.41. The number of nitrogens with zero attached hydrogens (tertiary/aromatic N) is 1. The lowest BCUT2D eigenvalue weighted by molar-refractivity contribution is 0.398. The van der Waals surface area contributed by atoms with Crippen LogP contribution in [0, 0.1) is 0 Å². The van der Waals surface area contributed by atoms with E-state index in [-0.39, 0.29) is 4.90 Å². The Morgan fingerprint density at radius 1 is 1.29 bits per heavy atom. The van der Waals surface area contributed by atoms with Crippen molar-refractivity contribution < 1.29 is 13.2 Å². The van der Waals surface area contributed by atoms with Crippen LogP contribution < -0.4 is 15.2 Å². The number of ether oxygens (including phenoxy) is 1. The fraction of sp³-hybridized carbons (Fsp3) is 0.214. The third-order valence-corrected chi connectivity index (χ3v) is 4.39. The summed E-state index contributed by atoms with van der Waals surface area (Å²) in [5.41, 5.74) is 7.58. The van der Waals surface area contributed by atoms with Crippen molar-refractivity contribution in [3.8, 4) is 5.88 Å². The van der Waals surface area contributed by atoms with Crippen LogP contribution in [0.25, 0.3) is 0 Å². The van der Waals surface area contributed by atoms with Gasteiger partial charge in [0, 0.05) is 11.8 Å². The number of nitrogen functional groups attached to an aromatic ring is 1. The third kappa shape index (κ3) is 3.43. The molecule has 1 aromatic heterocycles. The van der Waals surface area contributed by atoms with Crippen molar-refractivity contribution in [1.29, 1.82) is 0 Å². The van der Waals surface area contributed by atoms with Crippen LogP contribution in [0.5, 0.6) is 5.88 Å². The van der Waals surface area contributed by atoms with Gasteiger partial charge in [-0.1, -0.05) is 13.0 Å². The highest BCUT2D eigenvalue weighted by atomic mass is 32.2. The molecular formula is C14H17N3O3S. The smallest absolute Gasteiger partial charge is 0.262 e. The highest BCUT2D eigenvalue weighted by molar-refractivity contribution is 7.92. The van der Waals surface area contributed by atoms with Crippen molar-refractivity contribution in [2.45, 2.75) is 18.2 Å². The van der Waals surface area contributed by atoms with Gasteiger partial charge in [-0.05, 0) is 30.2 Å². The fourth-order valence-corrected chi connectivity index (χ4v) is 2.92. The minimum Gasteiger partial charge on any atom is -0.481 e.